The summed E-state index contributed by atoms with van der Waals surface area (Å²) in [6, 6.07) is 8.77. The Morgan fingerprint density at radius 3 is 2.71 bits per heavy atom. The summed E-state index contributed by atoms with van der Waals surface area (Å²) in [4.78, 5) is 24.1. The summed E-state index contributed by atoms with van der Waals surface area (Å²) in [6.07, 6.45) is 3.51. The molecule has 2 rings (SSSR count). The minimum Gasteiger partial charge on any atom is -0.507 e. The SMILES string of the molecule is CCOC1=CC(=O)C(C(=O)/C=C(\O)c2ccccc2)CC1. The van der Waals surface area contributed by atoms with Crippen LogP contribution in [0.4, 0.5) is 0 Å². The minimum absolute atomic E-state index is 0.118. The summed E-state index contributed by atoms with van der Waals surface area (Å²) in [7, 11) is 0. The van der Waals surface area contributed by atoms with Crippen LogP contribution < -0.4 is 0 Å². The van der Waals surface area contributed by atoms with Crippen LogP contribution in [0.15, 0.2) is 48.2 Å². The van der Waals surface area contributed by atoms with Gasteiger partial charge in [0.25, 0.3) is 0 Å². The molecule has 0 amide bonds. The maximum atomic E-state index is 12.1. The number of hydrogen-bond acceptors (Lipinski definition) is 4. The number of allylic oxidation sites excluding steroid dienone is 3. The third-order valence-electron chi connectivity index (χ3n) is 3.35. The quantitative estimate of drug-likeness (QED) is 0.513. The van der Waals surface area contributed by atoms with E-state index < -0.39 is 5.92 Å². The lowest BCUT2D eigenvalue weighted by atomic mass is 9.88. The summed E-state index contributed by atoms with van der Waals surface area (Å²) in [5.41, 5.74) is 0.555. The molecule has 0 bridgehead atoms. The fraction of sp³-hybridized carbons (Fsp3) is 0.294. The van der Waals surface area contributed by atoms with Gasteiger partial charge in [0.05, 0.1) is 18.3 Å². The Hall–Kier alpha value is -2.36. The van der Waals surface area contributed by atoms with Gasteiger partial charge in [0.2, 0.25) is 0 Å². The fourth-order valence-corrected chi connectivity index (χ4v) is 2.27. The molecular formula is C17H18O4. The summed E-state index contributed by atoms with van der Waals surface area (Å²) in [6.45, 7) is 2.36. The van der Waals surface area contributed by atoms with E-state index in [9.17, 15) is 14.7 Å². The Morgan fingerprint density at radius 2 is 2.10 bits per heavy atom. The van der Waals surface area contributed by atoms with Crippen LogP contribution in [0.25, 0.3) is 5.76 Å². The second-order valence-electron chi connectivity index (χ2n) is 4.84. The number of ketones is 2. The molecule has 0 saturated carbocycles. The molecule has 1 aliphatic rings. The maximum absolute atomic E-state index is 12.1. The standard InChI is InChI=1S/C17H18O4/c1-2-21-13-8-9-14(16(19)10-13)17(20)11-15(18)12-6-4-3-5-7-12/h3-7,10-11,14,18H,2,8-9H2,1H3/b15-11-. The lowest BCUT2D eigenvalue weighted by Crippen LogP contribution is -2.25. The van der Waals surface area contributed by atoms with Crippen molar-refractivity contribution in [3.8, 4) is 0 Å². The van der Waals surface area contributed by atoms with Crippen molar-refractivity contribution in [1.29, 1.82) is 0 Å². The monoisotopic (exact) mass is 286 g/mol. The van der Waals surface area contributed by atoms with Gasteiger partial charge in [0.1, 0.15) is 5.76 Å². The van der Waals surface area contributed by atoms with Crippen LogP contribution in [0, 0.1) is 5.92 Å². The second-order valence-corrected chi connectivity index (χ2v) is 4.84. The van der Waals surface area contributed by atoms with Crippen LogP contribution in [-0.4, -0.2) is 23.3 Å². The van der Waals surface area contributed by atoms with Crippen molar-refractivity contribution >= 4 is 17.3 Å². The van der Waals surface area contributed by atoms with E-state index in [1.165, 1.54) is 6.08 Å². The zero-order chi connectivity index (χ0) is 15.2. The predicted molar refractivity (Wildman–Crippen MR) is 79.5 cm³/mol. The summed E-state index contributed by atoms with van der Waals surface area (Å²) >= 11 is 0. The van der Waals surface area contributed by atoms with Gasteiger partial charge in [-0.3, -0.25) is 9.59 Å². The average molecular weight is 286 g/mol. The number of carbonyl (C=O) groups is 2. The highest BCUT2D eigenvalue weighted by atomic mass is 16.5. The Kier molecular flexibility index (Phi) is 4.93. The van der Waals surface area contributed by atoms with Gasteiger partial charge in [0, 0.05) is 24.1 Å². The van der Waals surface area contributed by atoms with E-state index >= 15 is 0 Å². The molecule has 1 N–H and O–H groups in total. The molecule has 1 aromatic rings. The van der Waals surface area contributed by atoms with Gasteiger partial charge >= 0.3 is 0 Å². The van der Waals surface area contributed by atoms with Crippen LogP contribution in [0.3, 0.4) is 0 Å². The first kappa shape index (κ1) is 15.0. The second kappa shape index (κ2) is 6.88. The van der Waals surface area contributed by atoms with Crippen molar-refractivity contribution in [1.82, 2.24) is 0 Å². The molecule has 1 atom stereocenters. The van der Waals surface area contributed by atoms with E-state index in [4.69, 9.17) is 4.74 Å². The summed E-state index contributed by atoms with van der Waals surface area (Å²) in [5, 5.41) is 9.93. The fourth-order valence-electron chi connectivity index (χ4n) is 2.27. The van der Waals surface area contributed by atoms with Crippen molar-refractivity contribution in [2.24, 2.45) is 5.92 Å². The molecule has 110 valence electrons. The average Bonchev–Trinajstić information content (AvgIpc) is 2.48. The van der Waals surface area contributed by atoms with E-state index in [1.54, 1.807) is 24.3 Å². The van der Waals surface area contributed by atoms with Gasteiger partial charge in [0.15, 0.2) is 11.6 Å². The van der Waals surface area contributed by atoms with E-state index in [-0.39, 0.29) is 17.3 Å². The molecule has 1 aromatic carbocycles. The topological polar surface area (TPSA) is 63.6 Å². The first-order valence-corrected chi connectivity index (χ1v) is 6.99. The molecular weight excluding hydrogens is 268 g/mol. The Balaban J connectivity index is 2.10. The highest BCUT2D eigenvalue weighted by Gasteiger charge is 2.28. The first-order valence-electron chi connectivity index (χ1n) is 6.99. The van der Waals surface area contributed by atoms with Gasteiger partial charge in [-0.1, -0.05) is 30.3 Å². The van der Waals surface area contributed by atoms with Gasteiger partial charge < -0.3 is 9.84 Å². The number of aliphatic hydroxyl groups is 1. The molecule has 4 nitrogen and oxygen atoms in total. The van der Waals surface area contributed by atoms with Gasteiger partial charge in [-0.05, 0) is 13.3 Å². The number of hydrogen-bond donors (Lipinski definition) is 1. The van der Waals surface area contributed by atoms with Crippen LogP contribution in [0.1, 0.15) is 25.3 Å². The lowest BCUT2D eigenvalue weighted by Gasteiger charge is -2.18. The molecule has 0 radical (unpaired) electrons. The zero-order valence-corrected chi connectivity index (χ0v) is 11.9. The number of aliphatic hydroxyl groups excluding tert-OH is 1. The third-order valence-corrected chi connectivity index (χ3v) is 3.35. The number of carbonyl (C=O) groups excluding carboxylic acids is 2. The normalized spacial score (nSPS) is 19.1. The molecule has 0 heterocycles. The Labute approximate surface area is 123 Å². The molecule has 0 spiro atoms. The summed E-state index contributed by atoms with van der Waals surface area (Å²) in [5.74, 6) is -0.837. The molecule has 0 aromatic heterocycles. The van der Waals surface area contributed by atoms with Crippen molar-refractivity contribution in [2.45, 2.75) is 19.8 Å². The van der Waals surface area contributed by atoms with Crippen molar-refractivity contribution in [2.75, 3.05) is 6.61 Å². The molecule has 0 saturated heterocycles. The van der Waals surface area contributed by atoms with Crippen LogP contribution in [0.2, 0.25) is 0 Å². The highest BCUT2D eigenvalue weighted by Crippen LogP contribution is 2.24. The molecule has 0 fully saturated rings. The van der Waals surface area contributed by atoms with Crippen LogP contribution >= 0.6 is 0 Å². The Bertz CT molecular complexity index is 584. The van der Waals surface area contributed by atoms with Crippen LogP contribution in [0.5, 0.6) is 0 Å². The van der Waals surface area contributed by atoms with Crippen LogP contribution in [-0.2, 0) is 14.3 Å². The number of ether oxygens (including phenoxy) is 1. The first-order chi connectivity index (χ1) is 10.1. The number of rotatable bonds is 5. The third kappa shape index (κ3) is 3.81. The highest BCUT2D eigenvalue weighted by molar-refractivity contribution is 6.13. The van der Waals surface area contributed by atoms with Crippen molar-refractivity contribution in [3.63, 3.8) is 0 Å². The molecule has 4 heteroatoms. The molecule has 21 heavy (non-hydrogen) atoms. The Morgan fingerprint density at radius 1 is 1.38 bits per heavy atom. The predicted octanol–water partition coefficient (Wildman–Crippen LogP) is 3.05. The zero-order valence-electron chi connectivity index (χ0n) is 11.9. The van der Waals surface area contributed by atoms with Crippen molar-refractivity contribution in [3.05, 3.63) is 53.8 Å². The molecule has 1 aliphatic carbocycles. The van der Waals surface area contributed by atoms with E-state index in [2.05, 4.69) is 0 Å². The van der Waals surface area contributed by atoms with E-state index in [1.807, 2.05) is 13.0 Å². The summed E-state index contributed by atoms with van der Waals surface area (Å²) < 4.78 is 5.30. The smallest absolute Gasteiger partial charge is 0.170 e. The van der Waals surface area contributed by atoms with E-state index in [0.29, 0.717) is 30.8 Å². The van der Waals surface area contributed by atoms with E-state index in [0.717, 1.165) is 6.08 Å². The molecule has 1 unspecified atom stereocenters. The van der Waals surface area contributed by atoms with Gasteiger partial charge in [-0.25, -0.2) is 0 Å². The molecule has 0 aliphatic heterocycles. The van der Waals surface area contributed by atoms with Crippen molar-refractivity contribution < 1.29 is 19.4 Å². The largest absolute Gasteiger partial charge is 0.507 e. The maximum Gasteiger partial charge on any atom is 0.170 e. The lowest BCUT2D eigenvalue weighted by molar-refractivity contribution is -0.128. The number of benzene rings is 1. The van der Waals surface area contributed by atoms with Gasteiger partial charge in [-0.15, -0.1) is 0 Å². The minimum atomic E-state index is -0.722. The van der Waals surface area contributed by atoms with Gasteiger partial charge in [-0.2, -0.15) is 0 Å².